The van der Waals surface area contributed by atoms with Crippen molar-refractivity contribution in [3.8, 4) is 0 Å². The summed E-state index contributed by atoms with van der Waals surface area (Å²) in [7, 11) is 0. The van der Waals surface area contributed by atoms with Gasteiger partial charge in [-0.05, 0) is 28.0 Å². The Morgan fingerprint density at radius 3 is 2.36 bits per heavy atom. The lowest BCUT2D eigenvalue weighted by Crippen LogP contribution is -2.23. The summed E-state index contributed by atoms with van der Waals surface area (Å²) in [5, 5.41) is 5.07. The quantitative estimate of drug-likeness (QED) is 0.779. The fourth-order valence-corrected chi connectivity index (χ4v) is 2.30. The van der Waals surface area contributed by atoms with E-state index in [4.69, 9.17) is 4.74 Å². The highest BCUT2D eigenvalue weighted by Crippen LogP contribution is 2.16. The van der Waals surface area contributed by atoms with Gasteiger partial charge in [0.15, 0.2) is 0 Å². The van der Waals surface area contributed by atoms with Gasteiger partial charge < -0.3 is 10.1 Å². The maximum absolute atomic E-state index is 11.7. The standard InChI is InChI=1S/C19H17NO2/c21-19(20-13-15-6-2-1-3-7-15)22-14-16-10-11-17-8-4-5-9-18(17)12-16/h1-12H,13-14H2,(H,20,21). The predicted octanol–water partition coefficient (Wildman–Crippen LogP) is 4.27. The normalized spacial score (nSPS) is 10.4. The minimum Gasteiger partial charge on any atom is -0.445 e. The molecule has 0 aliphatic rings. The first-order valence-corrected chi connectivity index (χ1v) is 7.23. The first-order valence-electron chi connectivity index (χ1n) is 7.23. The maximum atomic E-state index is 11.7. The van der Waals surface area contributed by atoms with E-state index in [1.165, 1.54) is 5.39 Å². The van der Waals surface area contributed by atoms with Crippen molar-refractivity contribution in [1.82, 2.24) is 5.32 Å². The van der Waals surface area contributed by atoms with Crippen molar-refractivity contribution in [3.63, 3.8) is 0 Å². The van der Waals surface area contributed by atoms with Gasteiger partial charge in [-0.1, -0.05) is 66.7 Å². The van der Waals surface area contributed by atoms with Crippen LogP contribution in [0, 0.1) is 0 Å². The van der Waals surface area contributed by atoms with Crippen LogP contribution in [0.1, 0.15) is 11.1 Å². The van der Waals surface area contributed by atoms with E-state index in [0.717, 1.165) is 16.5 Å². The molecule has 0 aliphatic heterocycles. The zero-order chi connectivity index (χ0) is 15.2. The Kier molecular flexibility index (Phi) is 4.35. The molecular formula is C19H17NO2. The van der Waals surface area contributed by atoms with Crippen molar-refractivity contribution < 1.29 is 9.53 Å². The number of hydrogen-bond acceptors (Lipinski definition) is 2. The number of carbonyl (C=O) groups excluding carboxylic acids is 1. The van der Waals surface area contributed by atoms with Crippen LogP contribution >= 0.6 is 0 Å². The van der Waals surface area contributed by atoms with Gasteiger partial charge in [0.05, 0.1) is 0 Å². The number of fused-ring (bicyclic) bond motifs is 1. The minimum absolute atomic E-state index is 0.269. The van der Waals surface area contributed by atoms with Crippen LogP contribution in [0.4, 0.5) is 4.79 Å². The third-order valence-electron chi connectivity index (χ3n) is 3.46. The summed E-state index contributed by atoms with van der Waals surface area (Å²) in [4.78, 5) is 11.7. The first-order chi connectivity index (χ1) is 10.8. The topological polar surface area (TPSA) is 38.3 Å². The van der Waals surface area contributed by atoms with E-state index in [0.29, 0.717) is 6.54 Å². The lowest BCUT2D eigenvalue weighted by molar-refractivity contribution is 0.139. The summed E-state index contributed by atoms with van der Waals surface area (Å²) in [6.07, 6.45) is -0.406. The van der Waals surface area contributed by atoms with Gasteiger partial charge in [0, 0.05) is 6.54 Å². The van der Waals surface area contributed by atoms with Gasteiger partial charge in [-0.2, -0.15) is 0 Å². The highest BCUT2D eigenvalue weighted by molar-refractivity contribution is 5.83. The van der Waals surface area contributed by atoms with Gasteiger partial charge in [-0.3, -0.25) is 0 Å². The molecule has 3 aromatic rings. The summed E-state index contributed by atoms with van der Waals surface area (Å²) < 4.78 is 5.25. The smallest absolute Gasteiger partial charge is 0.407 e. The highest BCUT2D eigenvalue weighted by Gasteiger charge is 2.03. The van der Waals surface area contributed by atoms with E-state index >= 15 is 0 Å². The first kappa shape index (κ1) is 14.1. The number of hydrogen-bond donors (Lipinski definition) is 1. The van der Waals surface area contributed by atoms with Crippen LogP contribution in [0.25, 0.3) is 10.8 Å². The number of carbonyl (C=O) groups is 1. The van der Waals surface area contributed by atoms with Crippen LogP contribution in [0.15, 0.2) is 72.8 Å². The highest BCUT2D eigenvalue weighted by atomic mass is 16.5. The predicted molar refractivity (Wildman–Crippen MR) is 87.4 cm³/mol. The SMILES string of the molecule is O=C(NCc1ccccc1)OCc1ccc2ccccc2c1. The molecule has 1 N–H and O–H groups in total. The lowest BCUT2D eigenvalue weighted by Gasteiger charge is -2.08. The average Bonchev–Trinajstić information content (AvgIpc) is 2.59. The summed E-state index contributed by atoms with van der Waals surface area (Å²) in [5.74, 6) is 0. The molecule has 110 valence electrons. The monoisotopic (exact) mass is 291 g/mol. The molecule has 0 unspecified atom stereocenters. The number of ether oxygens (including phenoxy) is 1. The van der Waals surface area contributed by atoms with E-state index in [9.17, 15) is 4.79 Å². The number of benzene rings is 3. The molecule has 0 saturated heterocycles. The van der Waals surface area contributed by atoms with Gasteiger partial charge in [0.25, 0.3) is 0 Å². The number of alkyl carbamates (subject to hydrolysis) is 1. The third-order valence-corrected chi connectivity index (χ3v) is 3.46. The van der Waals surface area contributed by atoms with Crippen molar-refractivity contribution in [2.24, 2.45) is 0 Å². The Bertz CT molecular complexity index is 769. The van der Waals surface area contributed by atoms with Crippen LogP contribution in [0.3, 0.4) is 0 Å². The van der Waals surface area contributed by atoms with Crippen molar-refractivity contribution in [1.29, 1.82) is 0 Å². The lowest BCUT2D eigenvalue weighted by atomic mass is 10.1. The molecule has 1 amide bonds. The molecule has 3 aromatic carbocycles. The van der Waals surface area contributed by atoms with Crippen LogP contribution in [0.5, 0.6) is 0 Å². The molecule has 3 nitrogen and oxygen atoms in total. The maximum Gasteiger partial charge on any atom is 0.407 e. The molecule has 22 heavy (non-hydrogen) atoms. The van der Waals surface area contributed by atoms with Gasteiger partial charge in [-0.15, -0.1) is 0 Å². The van der Waals surface area contributed by atoms with Crippen LogP contribution in [-0.2, 0) is 17.9 Å². The largest absolute Gasteiger partial charge is 0.445 e. The van der Waals surface area contributed by atoms with E-state index in [2.05, 4.69) is 11.4 Å². The zero-order valence-corrected chi connectivity index (χ0v) is 12.2. The van der Waals surface area contributed by atoms with E-state index in [1.54, 1.807) is 0 Å². The molecule has 0 spiro atoms. The Balaban J connectivity index is 1.53. The summed E-state index contributed by atoms with van der Waals surface area (Å²) >= 11 is 0. The summed E-state index contributed by atoms with van der Waals surface area (Å²) in [6, 6.07) is 23.9. The molecule has 0 aromatic heterocycles. The second-order valence-corrected chi connectivity index (χ2v) is 5.10. The number of amides is 1. The molecule has 0 fully saturated rings. The second kappa shape index (κ2) is 6.76. The van der Waals surface area contributed by atoms with E-state index in [-0.39, 0.29) is 6.61 Å². The molecule has 0 heterocycles. The fraction of sp³-hybridized carbons (Fsp3) is 0.105. The van der Waals surface area contributed by atoms with Crippen molar-refractivity contribution in [2.45, 2.75) is 13.2 Å². The van der Waals surface area contributed by atoms with Gasteiger partial charge in [0.2, 0.25) is 0 Å². The second-order valence-electron chi connectivity index (χ2n) is 5.10. The van der Waals surface area contributed by atoms with Crippen LogP contribution < -0.4 is 5.32 Å². The van der Waals surface area contributed by atoms with Crippen molar-refractivity contribution >= 4 is 16.9 Å². The zero-order valence-electron chi connectivity index (χ0n) is 12.2. The molecule has 0 aliphatic carbocycles. The molecule has 0 radical (unpaired) electrons. The molecule has 0 bridgehead atoms. The van der Waals surface area contributed by atoms with Gasteiger partial charge >= 0.3 is 6.09 Å². The Morgan fingerprint density at radius 2 is 1.55 bits per heavy atom. The number of rotatable bonds is 4. The molecule has 0 atom stereocenters. The van der Waals surface area contributed by atoms with E-state index < -0.39 is 6.09 Å². The van der Waals surface area contributed by atoms with Gasteiger partial charge in [-0.25, -0.2) is 4.79 Å². The molecule has 0 saturated carbocycles. The average molecular weight is 291 g/mol. The van der Waals surface area contributed by atoms with Crippen LogP contribution in [-0.4, -0.2) is 6.09 Å². The summed E-state index contributed by atoms with van der Waals surface area (Å²) in [5.41, 5.74) is 2.03. The van der Waals surface area contributed by atoms with Gasteiger partial charge in [0.1, 0.15) is 6.61 Å². The van der Waals surface area contributed by atoms with Crippen LogP contribution in [0.2, 0.25) is 0 Å². The molecular weight excluding hydrogens is 274 g/mol. The van der Waals surface area contributed by atoms with Crippen molar-refractivity contribution in [2.75, 3.05) is 0 Å². The molecule has 3 rings (SSSR count). The number of nitrogens with one attached hydrogen (secondary N) is 1. The Morgan fingerprint density at radius 1 is 0.818 bits per heavy atom. The van der Waals surface area contributed by atoms with E-state index in [1.807, 2.05) is 66.7 Å². The Labute approximate surface area is 129 Å². The Hall–Kier alpha value is -2.81. The third kappa shape index (κ3) is 3.64. The summed E-state index contributed by atoms with van der Waals surface area (Å²) in [6.45, 7) is 0.739. The minimum atomic E-state index is -0.406. The molecule has 3 heteroatoms. The van der Waals surface area contributed by atoms with Crippen molar-refractivity contribution in [3.05, 3.63) is 83.9 Å². The fourth-order valence-electron chi connectivity index (χ4n) is 2.30.